The Labute approximate surface area is 163 Å². The summed E-state index contributed by atoms with van der Waals surface area (Å²) in [4.78, 5) is 24.5. The quantitative estimate of drug-likeness (QED) is 0.479. The molecule has 3 aromatic rings. The molecule has 3 aromatic carbocycles. The van der Waals surface area contributed by atoms with Gasteiger partial charge in [0.15, 0.2) is 11.6 Å². The first-order valence-corrected chi connectivity index (χ1v) is 9.05. The summed E-state index contributed by atoms with van der Waals surface area (Å²) >= 11 is 6.09. The highest BCUT2D eigenvalue weighted by atomic mass is 35.5. The number of carbonyl (C=O) groups is 2. The van der Waals surface area contributed by atoms with E-state index in [2.05, 4.69) is 0 Å². The third kappa shape index (κ3) is 4.44. The zero-order chi connectivity index (χ0) is 19.4. The van der Waals surface area contributed by atoms with E-state index in [9.17, 15) is 9.59 Å². The van der Waals surface area contributed by atoms with Crippen LogP contribution in [0.5, 0.6) is 11.5 Å². The number of carbonyl (C=O) groups excluding carboxylic acids is 2. The number of Topliss-reactive ketones (excluding diaryl/α,β-unsaturated/α-hetero) is 1. The molecule has 3 nitrogen and oxygen atoms in total. The molecule has 0 aliphatic carbocycles. The van der Waals surface area contributed by atoms with Crippen LogP contribution in [0.2, 0.25) is 5.02 Å². The molecule has 0 heterocycles. The summed E-state index contributed by atoms with van der Waals surface area (Å²) in [5.74, 6) is 1.15. The van der Waals surface area contributed by atoms with Gasteiger partial charge in [0.2, 0.25) is 0 Å². The number of rotatable bonds is 6. The monoisotopic (exact) mass is 378 g/mol. The van der Waals surface area contributed by atoms with Crippen LogP contribution in [-0.4, -0.2) is 11.6 Å². The second kappa shape index (κ2) is 8.19. The Balaban J connectivity index is 1.72. The Bertz CT molecular complexity index is 958. The van der Waals surface area contributed by atoms with Crippen molar-refractivity contribution in [2.45, 2.75) is 13.8 Å². The van der Waals surface area contributed by atoms with E-state index in [1.165, 1.54) is 0 Å². The van der Waals surface area contributed by atoms with E-state index in [1.807, 2.05) is 13.8 Å². The lowest BCUT2D eigenvalue weighted by atomic mass is 10.0. The van der Waals surface area contributed by atoms with Gasteiger partial charge in [-0.1, -0.05) is 37.6 Å². The standard InChI is InChI=1S/C23H19ClO3/c1-15(2)22(25)16-7-11-18(12-8-16)27-19-13-9-17(10-14-19)23(26)20-5-3-4-6-21(20)24/h3-15H,1-2H3. The van der Waals surface area contributed by atoms with Gasteiger partial charge in [-0.2, -0.15) is 0 Å². The van der Waals surface area contributed by atoms with Gasteiger partial charge >= 0.3 is 0 Å². The molecule has 0 spiro atoms. The van der Waals surface area contributed by atoms with Gasteiger partial charge in [0.25, 0.3) is 0 Å². The smallest absolute Gasteiger partial charge is 0.194 e. The molecule has 3 rings (SSSR count). The number of hydrogen-bond donors (Lipinski definition) is 0. The minimum Gasteiger partial charge on any atom is -0.457 e. The molecule has 0 bridgehead atoms. The predicted octanol–water partition coefficient (Wildman–Crippen LogP) is 6.20. The van der Waals surface area contributed by atoms with Gasteiger partial charge in [-0.15, -0.1) is 0 Å². The van der Waals surface area contributed by atoms with Gasteiger partial charge in [-0.25, -0.2) is 0 Å². The minimum atomic E-state index is -0.135. The van der Waals surface area contributed by atoms with Crippen molar-refractivity contribution in [1.82, 2.24) is 0 Å². The maximum atomic E-state index is 12.5. The van der Waals surface area contributed by atoms with E-state index in [1.54, 1.807) is 72.8 Å². The SMILES string of the molecule is CC(C)C(=O)c1ccc(Oc2ccc(C(=O)c3ccccc3Cl)cc2)cc1. The molecular formula is C23H19ClO3. The zero-order valence-corrected chi connectivity index (χ0v) is 15.9. The van der Waals surface area contributed by atoms with Gasteiger partial charge < -0.3 is 4.74 Å². The van der Waals surface area contributed by atoms with E-state index in [4.69, 9.17) is 16.3 Å². The van der Waals surface area contributed by atoms with Crippen molar-refractivity contribution in [1.29, 1.82) is 0 Å². The Hall–Kier alpha value is -2.91. The number of benzene rings is 3. The number of ketones is 2. The first-order valence-electron chi connectivity index (χ1n) is 8.67. The highest BCUT2D eigenvalue weighted by molar-refractivity contribution is 6.34. The third-order valence-corrected chi connectivity index (χ3v) is 4.46. The van der Waals surface area contributed by atoms with Crippen LogP contribution in [0.3, 0.4) is 0 Å². The number of hydrogen-bond acceptors (Lipinski definition) is 3. The summed E-state index contributed by atoms with van der Waals surface area (Å²) in [5.41, 5.74) is 1.67. The van der Waals surface area contributed by atoms with Gasteiger partial charge in [0.05, 0.1) is 5.02 Å². The van der Waals surface area contributed by atoms with E-state index in [0.29, 0.717) is 33.2 Å². The van der Waals surface area contributed by atoms with E-state index >= 15 is 0 Å². The largest absolute Gasteiger partial charge is 0.457 e. The molecule has 27 heavy (non-hydrogen) atoms. The van der Waals surface area contributed by atoms with Crippen LogP contribution in [0.4, 0.5) is 0 Å². The molecular weight excluding hydrogens is 360 g/mol. The molecule has 4 heteroatoms. The molecule has 0 fully saturated rings. The molecule has 0 saturated carbocycles. The number of halogens is 1. The Kier molecular flexibility index (Phi) is 5.72. The van der Waals surface area contributed by atoms with Crippen LogP contribution in [0.15, 0.2) is 72.8 Å². The number of ether oxygens (including phenoxy) is 1. The summed E-state index contributed by atoms with van der Waals surface area (Å²) in [6.07, 6.45) is 0. The van der Waals surface area contributed by atoms with Gasteiger partial charge in [0.1, 0.15) is 11.5 Å². The van der Waals surface area contributed by atoms with E-state index in [-0.39, 0.29) is 17.5 Å². The minimum absolute atomic E-state index is 0.0417. The molecule has 136 valence electrons. The molecule has 0 aliphatic rings. The van der Waals surface area contributed by atoms with Crippen molar-refractivity contribution in [3.63, 3.8) is 0 Å². The second-order valence-electron chi connectivity index (χ2n) is 6.48. The topological polar surface area (TPSA) is 43.4 Å². The molecule has 0 radical (unpaired) electrons. The predicted molar refractivity (Wildman–Crippen MR) is 107 cm³/mol. The summed E-state index contributed by atoms with van der Waals surface area (Å²) in [6.45, 7) is 3.75. The van der Waals surface area contributed by atoms with Gasteiger partial charge in [0, 0.05) is 22.6 Å². The third-order valence-electron chi connectivity index (χ3n) is 4.13. The van der Waals surface area contributed by atoms with Crippen molar-refractivity contribution < 1.29 is 14.3 Å². The summed E-state index contributed by atoms with van der Waals surface area (Å²) < 4.78 is 5.79. The van der Waals surface area contributed by atoms with Crippen LogP contribution in [-0.2, 0) is 0 Å². The normalized spacial score (nSPS) is 10.7. The maximum Gasteiger partial charge on any atom is 0.194 e. The molecule has 0 aromatic heterocycles. The molecule has 0 atom stereocenters. The zero-order valence-electron chi connectivity index (χ0n) is 15.1. The lowest BCUT2D eigenvalue weighted by Gasteiger charge is -2.09. The highest BCUT2D eigenvalue weighted by Crippen LogP contribution is 2.25. The van der Waals surface area contributed by atoms with Crippen molar-refractivity contribution in [2.24, 2.45) is 5.92 Å². The van der Waals surface area contributed by atoms with Crippen molar-refractivity contribution in [2.75, 3.05) is 0 Å². The average molecular weight is 379 g/mol. The van der Waals surface area contributed by atoms with Crippen LogP contribution in [0, 0.1) is 5.92 Å². The Morgan fingerprint density at radius 1 is 0.778 bits per heavy atom. The van der Waals surface area contributed by atoms with Crippen LogP contribution in [0.25, 0.3) is 0 Å². The molecule has 0 saturated heterocycles. The Morgan fingerprint density at radius 2 is 1.30 bits per heavy atom. The van der Waals surface area contributed by atoms with Crippen molar-refractivity contribution in [3.8, 4) is 11.5 Å². The molecule has 0 unspecified atom stereocenters. The first kappa shape index (κ1) is 18.9. The van der Waals surface area contributed by atoms with Crippen LogP contribution >= 0.6 is 11.6 Å². The second-order valence-corrected chi connectivity index (χ2v) is 6.89. The van der Waals surface area contributed by atoms with Crippen LogP contribution < -0.4 is 4.74 Å². The summed E-state index contributed by atoms with van der Waals surface area (Å²) in [7, 11) is 0. The van der Waals surface area contributed by atoms with Crippen LogP contribution in [0.1, 0.15) is 40.1 Å². The van der Waals surface area contributed by atoms with Gasteiger partial charge in [-0.05, 0) is 60.7 Å². The van der Waals surface area contributed by atoms with E-state index < -0.39 is 0 Å². The Morgan fingerprint density at radius 3 is 1.81 bits per heavy atom. The first-order chi connectivity index (χ1) is 13.0. The molecule has 0 aliphatic heterocycles. The van der Waals surface area contributed by atoms with E-state index in [0.717, 1.165) is 0 Å². The van der Waals surface area contributed by atoms with Crippen molar-refractivity contribution in [3.05, 3.63) is 94.5 Å². The fourth-order valence-electron chi connectivity index (χ4n) is 2.63. The summed E-state index contributed by atoms with van der Waals surface area (Å²) in [5, 5.41) is 0.430. The summed E-state index contributed by atoms with van der Waals surface area (Å²) in [6, 6.07) is 20.9. The lowest BCUT2D eigenvalue weighted by Crippen LogP contribution is -2.06. The molecule has 0 N–H and O–H groups in total. The molecule has 0 amide bonds. The lowest BCUT2D eigenvalue weighted by molar-refractivity contribution is 0.0939. The van der Waals surface area contributed by atoms with Crippen molar-refractivity contribution >= 4 is 23.2 Å². The fourth-order valence-corrected chi connectivity index (χ4v) is 2.85. The van der Waals surface area contributed by atoms with Gasteiger partial charge in [-0.3, -0.25) is 9.59 Å². The highest BCUT2D eigenvalue weighted by Gasteiger charge is 2.13. The average Bonchev–Trinajstić information content (AvgIpc) is 2.68. The maximum absolute atomic E-state index is 12.5. The fraction of sp³-hybridized carbons (Fsp3) is 0.130.